The van der Waals surface area contributed by atoms with E-state index in [1.807, 2.05) is 26.8 Å². The lowest BCUT2D eigenvalue weighted by Gasteiger charge is -2.12. The van der Waals surface area contributed by atoms with E-state index < -0.39 is 0 Å². The summed E-state index contributed by atoms with van der Waals surface area (Å²) in [5.74, 6) is 1.21. The number of ether oxygens (including phenoxy) is 1. The second kappa shape index (κ2) is 7.41. The normalized spacial score (nSPS) is 12.6. The highest BCUT2D eigenvalue weighted by Crippen LogP contribution is 2.14. The molecule has 18 heavy (non-hydrogen) atoms. The highest BCUT2D eigenvalue weighted by atomic mass is 35.5. The van der Waals surface area contributed by atoms with Crippen molar-refractivity contribution in [3.8, 4) is 5.88 Å². The van der Waals surface area contributed by atoms with Crippen LogP contribution in [0.2, 0.25) is 0 Å². The Labute approximate surface area is 114 Å². The zero-order valence-electron chi connectivity index (χ0n) is 11.5. The van der Waals surface area contributed by atoms with Crippen LogP contribution in [-0.2, 0) is 0 Å². The third-order valence-electron chi connectivity index (χ3n) is 2.37. The Kier molecular flexibility index (Phi) is 6.19. The number of halogens is 1. The Morgan fingerprint density at radius 2 is 2.11 bits per heavy atom. The summed E-state index contributed by atoms with van der Waals surface area (Å²) >= 11 is 6.06. The lowest BCUT2D eigenvalue weighted by molar-refractivity contribution is 0.232. The van der Waals surface area contributed by atoms with E-state index in [1.54, 1.807) is 0 Å². The zero-order valence-corrected chi connectivity index (χ0v) is 12.3. The Morgan fingerprint density at radius 1 is 1.39 bits per heavy atom. The summed E-state index contributed by atoms with van der Waals surface area (Å²) < 4.78 is 5.57. The Balaban J connectivity index is 2.57. The smallest absolute Gasteiger partial charge is 0.226 e. The Hall–Kier alpha value is -1.03. The average Bonchev–Trinajstić information content (AvgIpc) is 2.27. The molecule has 1 aromatic rings. The third kappa shape index (κ3) is 5.54. The summed E-state index contributed by atoms with van der Waals surface area (Å²) in [6.45, 7) is 8.73. The molecule has 1 heterocycles. The molecule has 0 bridgehead atoms. The predicted molar refractivity (Wildman–Crippen MR) is 75.6 cm³/mol. The maximum atomic E-state index is 6.06. The molecular formula is C13H22ClN3O. The van der Waals surface area contributed by atoms with E-state index in [1.165, 1.54) is 0 Å². The summed E-state index contributed by atoms with van der Waals surface area (Å²) in [5, 5.41) is 3.38. The monoisotopic (exact) mass is 271 g/mol. The molecule has 0 aliphatic heterocycles. The van der Waals surface area contributed by atoms with Gasteiger partial charge in [-0.05, 0) is 33.6 Å². The van der Waals surface area contributed by atoms with Gasteiger partial charge in [-0.2, -0.15) is 4.98 Å². The molecule has 1 unspecified atom stereocenters. The van der Waals surface area contributed by atoms with Crippen LogP contribution in [0.15, 0.2) is 6.07 Å². The van der Waals surface area contributed by atoms with Crippen LogP contribution < -0.4 is 10.1 Å². The van der Waals surface area contributed by atoms with Gasteiger partial charge in [-0.25, -0.2) is 4.98 Å². The van der Waals surface area contributed by atoms with Crippen LogP contribution in [0.1, 0.15) is 39.3 Å². The second-order valence-electron chi connectivity index (χ2n) is 4.56. The molecule has 1 atom stereocenters. The molecule has 0 aromatic carbocycles. The maximum Gasteiger partial charge on any atom is 0.226 e. The molecular weight excluding hydrogens is 250 g/mol. The van der Waals surface area contributed by atoms with Crippen LogP contribution in [-0.4, -0.2) is 28.0 Å². The number of hydrogen-bond acceptors (Lipinski definition) is 4. The molecule has 4 nitrogen and oxygen atoms in total. The summed E-state index contributed by atoms with van der Waals surface area (Å²) in [6.07, 6.45) is 1.98. The summed E-state index contributed by atoms with van der Waals surface area (Å²) in [4.78, 5) is 8.63. The molecule has 0 saturated carbocycles. The predicted octanol–water partition coefficient (Wildman–Crippen LogP) is 3.39. The quantitative estimate of drug-likeness (QED) is 0.772. The van der Waals surface area contributed by atoms with Crippen LogP contribution >= 0.6 is 11.6 Å². The van der Waals surface area contributed by atoms with E-state index in [9.17, 15) is 0 Å². The number of aryl methyl sites for hydroxylation is 1. The van der Waals surface area contributed by atoms with E-state index in [-0.39, 0.29) is 11.5 Å². The summed E-state index contributed by atoms with van der Waals surface area (Å²) in [7, 11) is 0. The van der Waals surface area contributed by atoms with Crippen molar-refractivity contribution in [3.63, 3.8) is 0 Å². The lowest BCUT2D eigenvalue weighted by atomic mass is 10.2. The van der Waals surface area contributed by atoms with Crippen LogP contribution in [0.25, 0.3) is 0 Å². The van der Waals surface area contributed by atoms with Gasteiger partial charge >= 0.3 is 0 Å². The van der Waals surface area contributed by atoms with E-state index >= 15 is 0 Å². The van der Waals surface area contributed by atoms with Gasteiger partial charge in [0.15, 0.2) is 0 Å². The van der Waals surface area contributed by atoms with Gasteiger partial charge in [0.25, 0.3) is 0 Å². The van der Waals surface area contributed by atoms with Crippen LogP contribution in [0.5, 0.6) is 5.88 Å². The van der Waals surface area contributed by atoms with Gasteiger partial charge in [0.1, 0.15) is 0 Å². The van der Waals surface area contributed by atoms with Gasteiger partial charge in [-0.15, -0.1) is 11.6 Å². The maximum absolute atomic E-state index is 6.06. The van der Waals surface area contributed by atoms with Gasteiger partial charge in [0.05, 0.1) is 6.10 Å². The molecule has 0 radical (unpaired) electrons. The van der Waals surface area contributed by atoms with Crippen molar-refractivity contribution in [2.45, 2.75) is 52.0 Å². The minimum atomic E-state index is 0.111. The molecule has 0 amide bonds. The van der Waals surface area contributed by atoms with E-state index in [2.05, 4.69) is 22.2 Å². The van der Waals surface area contributed by atoms with Gasteiger partial charge in [0, 0.05) is 23.7 Å². The van der Waals surface area contributed by atoms with Crippen molar-refractivity contribution in [1.29, 1.82) is 0 Å². The largest absolute Gasteiger partial charge is 0.475 e. The van der Waals surface area contributed by atoms with Gasteiger partial charge in [-0.1, -0.05) is 6.92 Å². The minimum Gasteiger partial charge on any atom is -0.475 e. The van der Waals surface area contributed by atoms with Crippen molar-refractivity contribution in [3.05, 3.63) is 11.8 Å². The summed E-state index contributed by atoms with van der Waals surface area (Å²) in [5.41, 5.74) is 0.890. The number of rotatable bonds is 7. The highest BCUT2D eigenvalue weighted by Gasteiger charge is 2.06. The molecule has 1 rings (SSSR count). The van der Waals surface area contributed by atoms with E-state index in [0.717, 1.165) is 25.1 Å². The molecule has 102 valence electrons. The van der Waals surface area contributed by atoms with Crippen LogP contribution in [0.3, 0.4) is 0 Å². The minimum absolute atomic E-state index is 0.111. The fraction of sp³-hybridized carbons (Fsp3) is 0.692. The van der Waals surface area contributed by atoms with Crippen molar-refractivity contribution < 1.29 is 4.74 Å². The molecule has 0 spiro atoms. The van der Waals surface area contributed by atoms with Crippen LogP contribution in [0.4, 0.5) is 5.95 Å². The molecule has 1 N–H and O–H groups in total. The number of nitrogens with one attached hydrogen (secondary N) is 1. The molecule has 0 aliphatic carbocycles. The van der Waals surface area contributed by atoms with Gasteiger partial charge < -0.3 is 10.1 Å². The van der Waals surface area contributed by atoms with Crippen molar-refractivity contribution in [2.75, 3.05) is 11.9 Å². The number of alkyl halides is 1. The van der Waals surface area contributed by atoms with Crippen molar-refractivity contribution in [2.24, 2.45) is 0 Å². The summed E-state index contributed by atoms with van der Waals surface area (Å²) in [6, 6.07) is 1.83. The average molecular weight is 272 g/mol. The third-order valence-corrected chi connectivity index (χ3v) is 2.90. The van der Waals surface area contributed by atoms with E-state index in [0.29, 0.717) is 11.8 Å². The first-order valence-electron chi connectivity index (χ1n) is 6.41. The molecule has 0 fully saturated rings. The van der Waals surface area contributed by atoms with Gasteiger partial charge in [-0.3, -0.25) is 0 Å². The Morgan fingerprint density at radius 3 is 2.72 bits per heavy atom. The molecule has 0 saturated heterocycles. The number of anilines is 1. The lowest BCUT2D eigenvalue weighted by Crippen LogP contribution is -2.12. The standard InChI is InChI=1S/C13H22ClN3O/c1-5-11(14)6-7-15-13-16-10(4)8-12(17-13)18-9(2)3/h8-9,11H,5-7H2,1-4H3,(H,15,16,17). The first-order valence-corrected chi connectivity index (χ1v) is 6.85. The first-order chi connectivity index (χ1) is 8.51. The fourth-order valence-corrected chi connectivity index (χ4v) is 1.57. The molecule has 5 heteroatoms. The van der Waals surface area contributed by atoms with E-state index in [4.69, 9.17) is 16.3 Å². The first kappa shape index (κ1) is 15.0. The fourth-order valence-electron chi connectivity index (χ4n) is 1.47. The van der Waals surface area contributed by atoms with Gasteiger partial charge in [0.2, 0.25) is 11.8 Å². The highest BCUT2D eigenvalue weighted by molar-refractivity contribution is 6.20. The van der Waals surface area contributed by atoms with Crippen LogP contribution in [0, 0.1) is 6.92 Å². The second-order valence-corrected chi connectivity index (χ2v) is 5.18. The number of aromatic nitrogens is 2. The SMILES string of the molecule is CCC(Cl)CCNc1nc(C)cc(OC(C)C)n1. The number of nitrogens with zero attached hydrogens (tertiary/aromatic N) is 2. The Bertz CT molecular complexity index is 371. The zero-order chi connectivity index (χ0) is 13.5. The van der Waals surface area contributed by atoms with Crippen molar-refractivity contribution in [1.82, 2.24) is 9.97 Å². The molecule has 1 aromatic heterocycles. The topological polar surface area (TPSA) is 47.0 Å². The molecule has 0 aliphatic rings. The van der Waals surface area contributed by atoms with Crippen molar-refractivity contribution >= 4 is 17.5 Å². The number of hydrogen-bond donors (Lipinski definition) is 1.